The van der Waals surface area contributed by atoms with Crippen LogP contribution in [0.25, 0.3) is 0 Å². The standard InChI is InChI=1S/C14H14N2O/c1-3-7-16(8-4-2)14-6-5-12(11-17)9-13(14)10-15/h3-6,9,11H,1-2,7-8H2. The maximum atomic E-state index is 10.7. The first-order valence-electron chi connectivity index (χ1n) is 5.23. The van der Waals surface area contributed by atoms with Crippen molar-refractivity contribution in [2.75, 3.05) is 18.0 Å². The molecule has 3 heteroatoms. The molecule has 0 saturated heterocycles. The third kappa shape index (κ3) is 3.05. The monoisotopic (exact) mass is 226 g/mol. The second-order valence-electron chi connectivity index (χ2n) is 3.49. The fourth-order valence-corrected chi connectivity index (χ4v) is 1.58. The third-order valence-corrected chi connectivity index (χ3v) is 2.32. The molecule has 0 aliphatic carbocycles. The number of nitriles is 1. The average Bonchev–Trinajstić information content (AvgIpc) is 2.37. The fourth-order valence-electron chi connectivity index (χ4n) is 1.58. The van der Waals surface area contributed by atoms with Gasteiger partial charge in [-0.25, -0.2) is 0 Å². The van der Waals surface area contributed by atoms with Crippen LogP contribution in [0.5, 0.6) is 0 Å². The number of hydrogen-bond acceptors (Lipinski definition) is 3. The summed E-state index contributed by atoms with van der Waals surface area (Å²) in [7, 11) is 0. The Labute approximate surface area is 101 Å². The van der Waals surface area contributed by atoms with Crippen LogP contribution >= 0.6 is 0 Å². The van der Waals surface area contributed by atoms with E-state index in [0.717, 1.165) is 12.0 Å². The van der Waals surface area contributed by atoms with Crippen LogP contribution in [0.15, 0.2) is 43.5 Å². The number of hydrogen-bond donors (Lipinski definition) is 0. The first-order chi connectivity index (χ1) is 8.26. The van der Waals surface area contributed by atoms with Crippen molar-refractivity contribution in [3.8, 4) is 6.07 Å². The van der Waals surface area contributed by atoms with Crippen molar-refractivity contribution in [1.82, 2.24) is 0 Å². The molecule has 0 saturated carbocycles. The van der Waals surface area contributed by atoms with Gasteiger partial charge < -0.3 is 4.90 Å². The van der Waals surface area contributed by atoms with E-state index in [1.54, 1.807) is 30.4 Å². The summed E-state index contributed by atoms with van der Waals surface area (Å²) in [6.07, 6.45) is 4.26. The lowest BCUT2D eigenvalue weighted by molar-refractivity contribution is 0.112. The Bertz CT molecular complexity index is 462. The quantitative estimate of drug-likeness (QED) is 0.553. The molecule has 17 heavy (non-hydrogen) atoms. The SMILES string of the molecule is C=CCN(CC=C)c1ccc(C=O)cc1C#N. The molecule has 0 atom stereocenters. The zero-order valence-electron chi connectivity index (χ0n) is 9.60. The van der Waals surface area contributed by atoms with E-state index in [1.807, 2.05) is 4.90 Å². The Morgan fingerprint density at radius 1 is 1.29 bits per heavy atom. The molecule has 1 aromatic carbocycles. The van der Waals surface area contributed by atoms with Gasteiger partial charge >= 0.3 is 0 Å². The Kier molecular flexibility index (Phi) is 4.71. The lowest BCUT2D eigenvalue weighted by Crippen LogP contribution is -2.24. The van der Waals surface area contributed by atoms with Gasteiger partial charge in [0.1, 0.15) is 12.4 Å². The van der Waals surface area contributed by atoms with E-state index < -0.39 is 0 Å². The van der Waals surface area contributed by atoms with Gasteiger partial charge in [0.25, 0.3) is 0 Å². The van der Waals surface area contributed by atoms with Crippen LogP contribution < -0.4 is 4.90 Å². The Morgan fingerprint density at radius 2 is 1.94 bits per heavy atom. The molecule has 0 heterocycles. The highest BCUT2D eigenvalue weighted by atomic mass is 16.1. The van der Waals surface area contributed by atoms with E-state index >= 15 is 0 Å². The number of carbonyl (C=O) groups is 1. The lowest BCUT2D eigenvalue weighted by Gasteiger charge is -2.22. The number of anilines is 1. The van der Waals surface area contributed by atoms with Crippen LogP contribution in [0.1, 0.15) is 15.9 Å². The molecule has 0 aromatic heterocycles. The van der Waals surface area contributed by atoms with Crippen LogP contribution in [-0.4, -0.2) is 19.4 Å². The van der Waals surface area contributed by atoms with Gasteiger partial charge in [0, 0.05) is 18.7 Å². The molecule has 1 rings (SSSR count). The lowest BCUT2D eigenvalue weighted by atomic mass is 10.1. The maximum absolute atomic E-state index is 10.7. The van der Waals surface area contributed by atoms with Gasteiger partial charge in [-0.3, -0.25) is 4.79 Å². The summed E-state index contributed by atoms with van der Waals surface area (Å²) in [4.78, 5) is 12.6. The molecule has 0 fully saturated rings. The average molecular weight is 226 g/mol. The van der Waals surface area contributed by atoms with E-state index in [9.17, 15) is 4.79 Å². The minimum absolute atomic E-state index is 0.485. The summed E-state index contributed by atoms with van der Waals surface area (Å²) >= 11 is 0. The molecule has 0 aliphatic heterocycles. The van der Waals surface area contributed by atoms with Gasteiger partial charge in [-0.1, -0.05) is 12.2 Å². The van der Waals surface area contributed by atoms with E-state index in [1.165, 1.54) is 0 Å². The number of rotatable bonds is 6. The Balaban J connectivity index is 3.18. The van der Waals surface area contributed by atoms with Crippen molar-refractivity contribution < 1.29 is 4.79 Å². The highest BCUT2D eigenvalue weighted by molar-refractivity contribution is 5.78. The van der Waals surface area contributed by atoms with E-state index in [4.69, 9.17) is 5.26 Å². The van der Waals surface area contributed by atoms with Crippen molar-refractivity contribution in [3.05, 3.63) is 54.6 Å². The summed E-state index contributed by atoms with van der Waals surface area (Å²) in [6, 6.07) is 7.15. The Hall–Kier alpha value is -2.34. The van der Waals surface area contributed by atoms with Crippen molar-refractivity contribution in [3.63, 3.8) is 0 Å². The molecule has 0 unspecified atom stereocenters. The molecule has 0 amide bonds. The second-order valence-corrected chi connectivity index (χ2v) is 3.49. The number of nitrogens with zero attached hydrogens (tertiary/aromatic N) is 2. The molecule has 86 valence electrons. The first kappa shape index (κ1) is 12.7. The minimum atomic E-state index is 0.485. The van der Waals surface area contributed by atoms with Crippen LogP contribution in [0.4, 0.5) is 5.69 Å². The van der Waals surface area contributed by atoms with Gasteiger partial charge in [0.05, 0.1) is 11.3 Å². The van der Waals surface area contributed by atoms with E-state index in [-0.39, 0.29) is 0 Å². The number of aldehydes is 1. The van der Waals surface area contributed by atoms with E-state index in [0.29, 0.717) is 24.2 Å². The predicted molar refractivity (Wildman–Crippen MR) is 69.2 cm³/mol. The van der Waals surface area contributed by atoms with E-state index in [2.05, 4.69) is 19.2 Å². The molecule has 0 spiro atoms. The topological polar surface area (TPSA) is 44.1 Å². The molecular formula is C14H14N2O. The summed E-state index contributed by atoms with van der Waals surface area (Å²) in [6.45, 7) is 8.62. The summed E-state index contributed by atoms with van der Waals surface area (Å²) in [5, 5.41) is 9.08. The van der Waals surface area contributed by atoms with Crippen molar-refractivity contribution in [2.45, 2.75) is 0 Å². The highest BCUT2D eigenvalue weighted by Crippen LogP contribution is 2.21. The van der Waals surface area contributed by atoms with Gasteiger partial charge in [0.15, 0.2) is 0 Å². The van der Waals surface area contributed by atoms with Crippen LogP contribution in [0, 0.1) is 11.3 Å². The number of carbonyl (C=O) groups excluding carboxylic acids is 1. The third-order valence-electron chi connectivity index (χ3n) is 2.32. The summed E-state index contributed by atoms with van der Waals surface area (Å²) in [5.74, 6) is 0. The maximum Gasteiger partial charge on any atom is 0.150 e. The molecule has 0 bridgehead atoms. The molecule has 0 N–H and O–H groups in total. The smallest absolute Gasteiger partial charge is 0.150 e. The van der Waals surface area contributed by atoms with Crippen LogP contribution in [0.2, 0.25) is 0 Å². The summed E-state index contributed by atoms with van der Waals surface area (Å²) < 4.78 is 0. The molecule has 0 radical (unpaired) electrons. The van der Waals surface area contributed by atoms with Gasteiger partial charge in [-0.15, -0.1) is 13.2 Å². The predicted octanol–water partition coefficient (Wildman–Crippen LogP) is 2.55. The number of benzene rings is 1. The second kappa shape index (κ2) is 6.29. The zero-order valence-corrected chi connectivity index (χ0v) is 9.60. The Morgan fingerprint density at radius 3 is 2.41 bits per heavy atom. The van der Waals surface area contributed by atoms with Gasteiger partial charge in [-0.2, -0.15) is 5.26 Å². The minimum Gasteiger partial charge on any atom is -0.363 e. The highest BCUT2D eigenvalue weighted by Gasteiger charge is 2.09. The summed E-state index contributed by atoms with van der Waals surface area (Å²) in [5.41, 5.74) is 1.78. The van der Waals surface area contributed by atoms with Gasteiger partial charge in [0.2, 0.25) is 0 Å². The van der Waals surface area contributed by atoms with Crippen molar-refractivity contribution in [1.29, 1.82) is 5.26 Å². The molecule has 1 aromatic rings. The zero-order chi connectivity index (χ0) is 12.7. The van der Waals surface area contributed by atoms with Gasteiger partial charge in [-0.05, 0) is 18.2 Å². The fraction of sp³-hybridized carbons (Fsp3) is 0.143. The molecular weight excluding hydrogens is 212 g/mol. The first-order valence-corrected chi connectivity index (χ1v) is 5.23. The normalized spacial score (nSPS) is 9.12. The molecule has 3 nitrogen and oxygen atoms in total. The molecule has 0 aliphatic rings. The van der Waals surface area contributed by atoms with Crippen LogP contribution in [0.3, 0.4) is 0 Å². The van der Waals surface area contributed by atoms with Crippen LogP contribution in [-0.2, 0) is 0 Å². The van der Waals surface area contributed by atoms with Crippen molar-refractivity contribution in [2.24, 2.45) is 0 Å². The van der Waals surface area contributed by atoms with Crippen molar-refractivity contribution >= 4 is 12.0 Å². The largest absolute Gasteiger partial charge is 0.363 e.